The molecule has 0 saturated carbocycles. The third kappa shape index (κ3) is 4.74. The minimum atomic E-state index is -0.240. The predicted octanol–water partition coefficient (Wildman–Crippen LogP) is 4.58. The van der Waals surface area contributed by atoms with Gasteiger partial charge in [-0.1, -0.05) is 37.6 Å². The fourth-order valence-electron chi connectivity index (χ4n) is 4.09. The molecule has 7 heteroatoms. The SMILES string of the molecule is CC(C)C(NC(=O)C1CCCN(C(=O)c2ccc(Cl)cc2)C1)c1nc2ccccc2[nH]1. The summed E-state index contributed by atoms with van der Waals surface area (Å²) in [5.74, 6) is 0.588. The van der Waals surface area contributed by atoms with Gasteiger partial charge in [-0.25, -0.2) is 4.98 Å². The number of likely N-dealkylation sites (tertiary alicyclic amines) is 1. The van der Waals surface area contributed by atoms with E-state index in [4.69, 9.17) is 11.6 Å². The summed E-state index contributed by atoms with van der Waals surface area (Å²) in [6.45, 7) is 5.20. The van der Waals surface area contributed by atoms with Crippen LogP contribution in [-0.4, -0.2) is 39.8 Å². The van der Waals surface area contributed by atoms with Gasteiger partial charge in [0.05, 0.1) is 23.0 Å². The molecule has 4 rings (SSSR count). The summed E-state index contributed by atoms with van der Waals surface area (Å²) in [6, 6.07) is 14.5. The molecule has 0 bridgehead atoms. The highest BCUT2D eigenvalue weighted by Gasteiger charge is 2.31. The highest BCUT2D eigenvalue weighted by atomic mass is 35.5. The minimum Gasteiger partial charge on any atom is -0.346 e. The summed E-state index contributed by atoms with van der Waals surface area (Å²) < 4.78 is 0. The van der Waals surface area contributed by atoms with Gasteiger partial charge in [0.2, 0.25) is 5.91 Å². The van der Waals surface area contributed by atoms with Crippen LogP contribution < -0.4 is 5.32 Å². The Labute approximate surface area is 187 Å². The van der Waals surface area contributed by atoms with Crippen LogP contribution in [0, 0.1) is 11.8 Å². The number of aromatic nitrogens is 2. The van der Waals surface area contributed by atoms with Gasteiger partial charge < -0.3 is 15.2 Å². The molecule has 0 spiro atoms. The van der Waals surface area contributed by atoms with Crippen LogP contribution in [-0.2, 0) is 4.79 Å². The fourth-order valence-corrected chi connectivity index (χ4v) is 4.22. The number of hydrogen-bond donors (Lipinski definition) is 2. The van der Waals surface area contributed by atoms with Crippen LogP contribution in [0.5, 0.6) is 0 Å². The summed E-state index contributed by atoms with van der Waals surface area (Å²) in [6.07, 6.45) is 1.57. The van der Waals surface area contributed by atoms with Crippen molar-refractivity contribution >= 4 is 34.4 Å². The second kappa shape index (κ2) is 9.10. The van der Waals surface area contributed by atoms with E-state index in [0.717, 1.165) is 29.7 Å². The number of aromatic amines is 1. The van der Waals surface area contributed by atoms with Gasteiger partial charge in [-0.05, 0) is 55.2 Å². The van der Waals surface area contributed by atoms with Crippen molar-refractivity contribution < 1.29 is 9.59 Å². The number of fused-ring (bicyclic) bond motifs is 1. The molecule has 0 aliphatic carbocycles. The average Bonchev–Trinajstić information content (AvgIpc) is 3.21. The van der Waals surface area contributed by atoms with E-state index in [-0.39, 0.29) is 29.7 Å². The largest absolute Gasteiger partial charge is 0.346 e. The van der Waals surface area contributed by atoms with Crippen molar-refractivity contribution in [3.8, 4) is 0 Å². The Morgan fingerprint density at radius 3 is 2.61 bits per heavy atom. The molecule has 1 fully saturated rings. The number of carbonyl (C=O) groups excluding carboxylic acids is 2. The Morgan fingerprint density at radius 2 is 1.90 bits per heavy atom. The van der Waals surface area contributed by atoms with E-state index in [1.54, 1.807) is 29.2 Å². The predicted molar refractivity (Wildman–Crippen MR) is 122 cm³/mol. The van der Waals surface area contributed by atoms with Crippen LogP contribution >= 0.6 is 11.6 Å². The maximum absolute atomic E-state index is 13.1. The molecule has 2 heterocycles. The van der Waals surface area contributed by atoms with Crippen molar-refractivity contribution in [2.75, 3.05) is 13.1 Å². The maximum atomic E-state index is 13.1. The van der Waals surface area contributed by atoms with Crippen molar-refractivity contribution in [1.82, 2.24) is 20.2 Å². The second-order valence-electron chi connectivity index (χ2n) is 8.47. The van der Waals surface area contributed by atoms with Gasteiger partial charge in [0.25, 0.3) is 5.91 Å². The Balaban J connectivity index is 1.46. The van der Waals surface area contributed by atoms with Gasteiger partial charge in [0.1, 0.15) is 5.82 Å². The molecule has 0 radical (unpaired) electrons. The zero-order valence-electron chi connectivity index (χ0n) is 17.8. The quantitative estimate of drug-likeness (QED) is 0.611. The lowest BCUT2D eigenvalue weighted by Gasteiger charge is -2.33. The number of para-hydroxylation sites is 2. The number of rotatable bonds is 5. The van der Waals surface area contributed by atoms with Crippen molar-refractivity contribution in [3.05, 3.63) is 64.9 Å². The molecule has 31 heavy (non-hydrogen) atoms. The number of benzene rings is 2. The minimum absolute atomic E-state index is 0.0345. The van der Waals surface area contributed by atoms with Crippen LogP contribution in [0.15, 0.2) is 48.5 Å². The van der Waals surface area contributed by atoms with Crippen LogP contribution in [0.4, 0.5) is 0 Å². The normalized spacial score (nSPS) is 17.7. The Bertz CT molecular complexity index is 1040. The molecule has 1 saturated heterocycles. The number of nitrogens with zero attached hydrogens (tertiary/aromatic N) is 2. The van der Waals surface area contributed by atoms with E-state index in [1.807, 2.05) is 24.3 Å². The number of imidazole rings is 1. The molecule has 1 aliphatic heterocycles. The lowest BCUT2D eigenvalue weighted by Crippen LogP contribution is -2.46. The zero-order valence-corrected chi connectivity index (χ0v) is 18.5. The highest BCUT2D eigenvalue weighted by molar-refractivity contribution is 6.30. The van der Waals surface area contributed by atoms with Gasteiger partial charge in [0, 0.05) is 23.7 Å². The van der Waals surface area contributed by atoms with E-state index in [0.29, 0.717) is 23.7 Å². The molecule has 2 N–H and O–H groups in total. The molecule has 2 aromatic carbocycles. The summed E-state index contributed by atoms with van der Waals surface area (Å²) in [4.78, 5) is 35.8. The van der Waals surface area contributed by atoms with E-state index in [2.05, 4.69) is 29.1 Å². The first-order valence-corrected chi connectivity index (χ1v) is 11.1. The molecule has 162 valence electrons. The zero-order chi connectivity index (χ0) is 22.0. The Morgan fingerprint density at radius 1 is 1.16 bits per heavy atom. The first kappa shape index (κ1) is 21.4. The van der Waals surface area contributed by atoms with E-state index in [1.165, 1.54) is 0 Å². The average molecular weight is 439 g/mol. The van der Waals surface area contributed by atoms with Crippen molar-refractivity contribution in [2.24, 2.45) is 11.8 Å². The van der Waals surface area contributed by atoms with Gasteiger partial charge in [-0.3, -0.25) is 9.59 Å². The van der Waals surface area contributed by atoms with Crippen molar-refractivity contribution in [3.63, 3.8) is 0 Å². The molecule has 3 aromatic rings. The third-order valence-corrected chi connectivity index (χ3v) is 6.09. The summed E-state index contributed by atoms with van der Waals surface area (Å²) in [5.41, 5.74) is 2.43. The van der Waals surface area contributed by atoms with Gasteiger partial charge in [-0.15, -0.1) is 0 Å². The Kier molecular flexibility index (Phi) is 6.28. The van der Waals surface area contributed by atoms with Gasteiger partial charge in [0.15, 0.2) is 0 Å². The van der Waals surface area contributed by atoms with Gasteiger partial charge in [-0.2, -0.15) is 0 Å². The van der Waals surface area contributed by atoms with Crippen LogP contribution in [0.2, 0.25) is 5.02 Å². The number of nitrogens with one attached hydrogen (secondary N) is 2. The number of halogens is 1. The lowest BCUT2D eigenvalue weighted by molar-refractivity contribution is -0.127. The summed E-state index contributed by atoms with van der Waals surface area (Å²) >= 11 is 5.93. The first-order valence-electron chi connectivity index (χ1n) is 10.7. The standard InChI is InChI=1S/C24H27ClN4O2/c1-15(2)21(22-26-19-7-3-4-8-20(19)27-22)28-23(30)17-6-5-13-29(14-17)24(31)16-9-11-18(25)12-10-16/h3-4,7-12,15,17,21H,5-6,13-14H2,1-2H3,(H,26,27)(H,28,30). The molecule has 1 aromatic heterocycles. The van der Waals surface area contributed by atoms with E-state index < -0.39 is 0 Å². The number of hydrogen-bond acceptors (Lipinski definition) is 3. The molecule has 6 nitrogen and oxygen atoms in total. The highest BCUT2D eigenvalue weighted by Crippen LogP contribution is 2.25. The molecule has 1 aliphatic rings. The van der Waals surface area contributed by atoms with Crippen molar-refractivity contribution in [1.29, 1.82) is 0 Å². The number of piperidine rings is 1. The van der Waals surface area contributed by atoms with E-state index >= 15 is 0 Å². The molecule has 2 amide bonds. The topological polar surface area (TPSA) is 78.1 Å². The molecule has 2 atom stereocenters. The van der Waals surface area contributed by atoms with Crippen LogP contribution in [0.3, 0.4) is 0 Å². The maximum Gasteiger partial charge on any atom is 0.253 e. The second-order valence-corrected chi connectivity index (χ2v) is 8.90. The molecular formula is C24H27ClN4O2. The van der Waals surface area contributed by atoms with Gasteiger partial charge >= 0.3 is 0 Å². The van der Waals surface area contributed by atoms with Crippen molar-refractivity contribution in [2.45, 2.75) is 32.7 Å². The molecular weight excluding hydrogens is 412 g/mol. The Hall–Kier alpha value is -2.86. The van der Waals surface area contributed by atoms with E-state index in [9.17, 15) is 9.59 Å². The number of carbonyl (C=O) groups is 2. The summed E-state index contributed by atoms with van der Waals surface area (Å²) in [7, 11) is 0. The fraction of sp³-hybridized carbons (Fsp3) is 0.375. The monoisotopic (exact) mass is 438 g/mol. The first-order chi connectivity index (χ1) is 14.9. The summed E-state index contributed by atoms with van der Waals surface area (Å²) in [5, 5.41) is 3.78. The third-order valence-electron chi connectivity index (χ3n) is 5.84. The smallest absolute Gasteiger partial charge is 0.253 e. The molecule has 2 unspecified atom stereocenters. The van der Waals surface area contributed by atoms with Crippen LogP contribution in [0.1, 0.15) is 48.9 Å². The number of amides is 2. The lowest BCUT2D eigenvalue weighted by atomic mass is 9.95. The van der Waals surface area contributed by atoms with Crippen LogP contribution in [0.25, 0.3) is 11.0 Å². The number of H-pyrrole nitrogens is 1.